The monoisotopic (exact) mass is 390 g/mol. The average Bonchev–Trinajstić information content (AvgIpc) is 2.61. The van der Waals surface area contributed by atoms with E-state index >= 15 is 0 Å². The lowest BCUT2D eigenvalue weighted by molar-refractivity contribution is 0.354. The van der Waals surface area contributed by atoms with E-state index in [9.17, 15) is 10.4 Å². The SMILES string of the molecule is COc1ccc(CCNC(C#N)c2cc(Br)ccc2O)cc1OC. The van der Waals surface area contributed by atoms with Crippen molar-refractivity contribution in [2.75, 3.05) is 20.8 Å². The Labute approximate surface area is 150 Å². The predicted molar refractivity (Wildman–Crippen MR) is 95.4 cm³/mol. The van der Waals surface area contributed by atoms with Crippen LogP contribution < -0.4 is 14.8 Å². The van der Waals surface area contributed by atoms with Gasteiger partial charge in [-0.15, -0.1) is 0 Å². The van der Waals surface area contributed by atoms with Crippen molar-refractivity contribution in [1.82, 2.24) is 5.32 Å². The fraction of sp³-hybridized carbons (Fsp3) is 0.278. The second-order valence-corrected chi connectivity index (χ2v) is 6.07. The molecule has 0 heterocycles. The highest BCUT2D eigenvalue weighted by Crippen LogP contribution is 2.29. The Kier molecular flexibility index (Phi) is 6.47. The van der Waals surface area contributed by atoms with E-state index in [1.807, 2.05) is 18.2 Å². The predicted octanol–water partition coefficient (Wildman–Crippen LogP) is 3.57. The first kappa shape index (κ1) is 18.1. The topological polar surface area (TPSA) is 74.5 Å². The Balaban J connectivity index is 2.02. The number of hydrogen-bond donors (Lipinski definition) is 2. The van der Waals surface area contributed by atoms with Crippen LogP contribution in [0.3, 0.4) is 0 Å². The Morgan fingerprint density at radius 3 is 2.58 bits per heavy atom. The molecular formula is C18H19BrN2O3. The highest BCUT2D eigenvalue weighted by atomic mass is 79.9. The van der Waals surface area contributed by atoms with Crippen molar-refractivity contribution >= 4 is 15.9 Å². The van der Waals surface area contributed by atoms with E-state index in [-0.39, 0.29) is 5.75 Å². The van der Waals surface area contributed by atoms with Crippen LogP contribution in [0.4, 0.5) is 0 Å². The Morgan fingerprint density at radius 1 is 1.17 bits per heavy atom. The van der Waals surface area contributed by atoms with E-state index in [1.165, 1.54) is 0 Å². The third-order valence-corrected chi connectivity index (χ3v) is 4.13. The van der Waals surface area contributed by atoms with Gasteiger partial charge in [0.05, 0.1) is 20.3 Å². The number of phenols is 1. The summed E-state index contributed by atoms with van der Waals surface area (Å²) in [6.07, 6.45) is 0.716. The molecule has 6 heteroatoms. The van der Waals surface area contributed by atoms with Crippen LogP contribution in [0.25, 0.3) is 0 Å². The minimum absolute atomic E-state index is 0.100. The van der Waals surface area contributed by atoms with Crippen molar-refractivity contribution in [1.29, 1.82) is 5.26 Å². The van der Waals surface area contributed by atoms with Gasteiger partial charge in [0, 0.05) is 16.6 Å². The number of ether oxygens (including phenoxy) is 2. The summed E-state index contributed by atoms with van der Waals surface area (Å²) in [5.41, 5.74) is 1.62. The summed E-state index contributed by atoms with van der Waals surface area (Å²) in [5.74, 6) is 1.46. The van der Waals surface area contributed by atoms with Gasteiger partial charge in [-0.05, 0) is 42.3 Å². The number of halogens is 1. The van der Waals surface area contributed by atoms with Crippen LogP contribution in [0, 0.1) is 11.3 Å². The second-order valence-electron chi connectivity index (χ2n) is 5.16. The number of nitriles is 1. The molecule has 2 rings (SSSR count). The number of nitrogens with zero attached hydrogens (tertiary/aromatic N) is 1. The first-order valence-electron chi connectivity index (χ1n) is 7.41. The number of nitrogens with one attached hydrogen (secondary N) is 1. The van der Waals surface area contributed by atoms with Gasteiger partial charge in [-0.1, -0.05) is 22.0 Å². The molecule has 0 saturated heterocycles. The van der Waals surface area contributed by atoms with E-state index < -0.39 is 6.04 Å². The molecule has 0 fully saturated rings. The van der Waals surface area contributed by atoms with Gasteiger partial charge in [-0.25, -0.2) is 0 Å². The fourth-order valence-electron chi connectivity index (χ4n) is 2.38. The Morgan fingerprint density at radius 2 is 1.92 bits per heavy atom. The largest absolute Gasteiger partial charge is 0.508 e. The highest BCUT2D eigenvalue weighted by molar-refractivity contribution is 9.10. The molecule has 1 unspecified atom stereocenters. The molecule has 2 aromatic carbocycles. The van der Waals surface area contributed by atoms with Crippen molar-refractivity contribution in [3.8, 4) is 23.3 Å². The van der Waals surface area contributed by atoms with Crippen LogP contribution in [0.15, 0.2) is 40.9 Å². The quantitative estimate of drug-likeness (QED) is 0.755. The zero-order chi connectivity index (χ0) is 17.5. The summed E-state index contributed by atoms with van der Waals surface area (Å²) in [4.78, 5) is 0. The molecule has 0 aliphatic carbocycles. The van der Waals surface area contributed by atoms with E-state index in [2.05, 4.69) is 27.3 Å². The minimum atomic E-state index is -0.581. The molecule has 2 aromatic rings. The summed E-state index contributed by atoms with van der Waals surface area (Å²) in [6.45, 7) is 0.583. The summed E-state index contributed by atoms with van der Waals surface area (Å²) in [7, 11) is 3.20. The first-order chi connectivity index (χ1) is 11.6. The molecule has 5 nitrogen and oxygen atoms in total. The van der Waals surface area contributed by atoms with Gasteiger partial charge in [0.15, 0.2) is 11.5 Å². The van der Waals surface area contributed by atoms with E-state index in [0.29, 0.717) is 30.0 Å². The molecule has 2 N–H and O–H groups in total. The molecule has 1 atom stereocenters. The maximum Gasteiger partial charge on any atom is 0.160 e. The molecular weight excluding hydrogens is 372 g/mol. The van der Waals surface area contributed by atoms with Crippen LogP contribution >= 0.6 is 15.9 Å². The fourth-order valence-corrected chi connectivity index (χ4v) is 2.76. The number of phenolic OH excluding ortho intramolecular Hbond substituents is 1. The van der Waals surface area contributed by atoms with Gasteiger partial charge in [-0.3, -0.25) is 5.32 Å². The maximum atomic E-state index is 9.94. The third kappa shape index (κ3) is 4.40. The van der Waals surface area contributed by atoms with Gasteiger partial charge in [0.25, 0.3) is 0 Å². The van der Waals surface area contributed by atoms with E-state index in [1.54, 1.807) is 32.4 Å². The maximum absolute atomic E-state index is 9.94. The number of methoxy groups -OCH3 is 2. The number of rotatable bonds is 7. The van der Waals surface area contributed by atoms with Gasteiger partial charge in [0.1, 0.15) is 11.8 Å². The van der Waals surface area contributed by atoms with Crippen LogP contribution in [0.5, 0.6) is 17.2 Å². The lowest BCUT2D eigenvalue weighted by Crippen LogP contribution is -2.22. The standard InChI is InChI=1S/C18H19BrN2O3/c1-23-17-6-3-12(9-18(17)24-2)7-8-21-15(11-20)14-10-13(19)4-5-16(14)22/h3-6,9-10,15,21-22H,7-8H2,1-2H3. The van der Waals surface area contributed by atoms with Gasteiger partial charge in [-0.2, -0.15) is 5.26 Å². The number of hydrogen-bond acceptors (Lipinski definition) is 5. The van der Waals surface area contributed by atoms with Gasteiger partial charge >= 0.3 is 0 Å². The lowest BCUT2D eigenvalue weighted by Gasteiger charge is -2.14. The van der Waals surface area contributed by atoms with Crippen LogP contribution in [0.1, 0.15) is 17.2 Å². The molecule has 24 heavy (non-hydrogen) atoms. The second kappa shape index (κ2) is 8.57. The average molecular weight is 391 g/mol. The smallest absolute Gasteiger partial charge is 0.160 e. The summed E-state index contributed by atoms with van der Waals surface area (Å²) < 4.78 is 11.3. The lowest BCUT2D eigenvalue weighted by atomic mass is 10.1. The van der Waals surface area contributed by atoms with Crippen LogP contribution in [-0.4, -0.2) is 25.9 Å². The van der Waals surface area contributed by atoms with Crippen molar-refractivity contribution in [3.63, 3.8) is 0 Å². The third-order valence-electron chi connectivity index (χ3n) is 3.64. The van der Waals surface area contributed by atoms with Crippen LogP contribution in [0.2, 0.25) is 0 Å². The molecule has 0 aliphatic heterocycles. The van der Waals surface area contributed by atoms with Crippen molar-refractivity contribution < 1.29 is 14.6 Å². The normalized spacial score (nSPS) is 11.6. The zero-order valence-electron chi connectivity index (χ0n) is 13.5. The highest BCUT2D eigenvalue weighted by Gasteiger charge is 2.14. The summed E-state index contributed by atoms with van der Waals surface area (Å²) in [6, 6.07) is 12.4. The van der Waals surface area contributed by atoms with Crippen molar-refractivity contribution in [2.24, 2.45) is 0 Å². The molecule has 0 radical (unpaired) electrons. The Bertz CT molecular complexity index is 744. The van der Waals surface area contributed by atoms with E-state index in [0.717, 1.165) is 10.0 Å². The molecule has 126 valence electrons. The minimum Gasteiger partial charge on any atom is -0.508 e. The molecule has 0 aliphatic rings. The zero-order valence-corrected chi connectivity index (χ0v) is 15.1. The molecule has 0 bridgehead atoms. The van der Waals surface area contributed by atoms with Gasteiger partial charge < -0.3 is 14.6 Å². The van der Waals surface area contributed by atoms with Crippen molar-refractivity contribution in [3.05, 3.63) is 52.0 Å². The molecule has 0 saturated carbocycles. The molecule has 0 spiro atoms. The summed E-state index contributed by atoms with van der Waals surface area (Å²) in [5, 5.41) is 22.5. The van der Waals surface area contributed by atoms with Crippen LogP contribution in [-0.2, 0) is 6.42 Å². The van der Waals surface area contributed by atoms with Gasteiger partial charge in [0.2, 0.25) is 0 Å². The Hall–Kier alpha value is -2.23. The molecule has 0 amide bonds. The number of benzene rings is 2. The number of aromatic hydroxyl groups is 1. The van der Waals surface area contributed by atoms with E-state index in [4.69, 9.17) is 9.47 Å². The molecule has 0 aromatic heterocycles. The van der Waals surface area contributed by atoms with Crippen molar-refractivity contribution in [2.45, 2.75) is 12.5 Å². The first-order valence-corrected chi connectivity index (χ1v) is 8.20. The summed E-state index contributed by atoms with van der Waals surface area (Å²) >= 11 is 3.35.